The van der Waals surface area contributed by atoms with E-state index < -0.39 is 10.8 Å². The summed E-state index contributed by atoms with van der Waals surface area (Å²) in [6, 6.07) is 14.8. The molecule has 0 fully saturated rings. The fourth-order valence-corrected chi connectivity index (χ4v) is 3.23. The Hall–Kier alpha value is -3.68. The van der Waals surface area contributed by atoms with Crippen molar-refractivity contribution in [2.75, 3.05) is 11.4 Å². The molecule has 2 aromatic carbocycles. The molecule has 3 rings (SSSR count). The molecule has 1 amide bonds. The maximum absolute atomic E-state index is 13.2. The lowest BCUT2D eigenvalue weighted by Gasteiger charge is -2.19. The Kier molecular flexibility index (Phi) is 5.12. The van der Waals surface area contributed by atoms with Crippen LogP contribution in [-0.2, 0) is 7.05 Å². The van der Waals surface area contributed by atoms with E-state index in [2.05, 4.69) is 0 Å². The van der Waals surface area contributed by atoms with Crippen molar-refractivity contribution in [2.45, 2.75) is 13.8 Å². The molecule has 8 heteroatoms. The molecule has 3 aromatic rings. The summed E-state index contributed by atoms with van der Waals surface area (Å²) in [6.45, 7) is 3.66. The van der Waals surface area contributed by atoms with Crippen molar-refractivity contribution in [2.24, 2.45) is 7.05 Å². The average Bonchev–Trinajstić information content (AvgIpc) is 2.92. The number of aromatic nitrogens is 2. The van der Waals surface area contributed by atoms with Gasteiger partial charge in [-0.15, -0.1) is 0 Å². The van der Waals surface area contributed by atoms with Crippen molar-refractivity contribution in [1.29, 1.82) is 0 Å². The van der Waals surface area contributed by atoms with Crippen LogP contribution in [0, 0.1) is 17.0 Å². The van der Waals surface area contributed by atoms with Gasteiger partial charge in [0.2, 0.25) is 0 Å². The molecular weight excluding hydrogens is 360 g/mol. The van der Waals surface area contributed by atoms with Crippen LogP contribution in [0.5, 0.6) is 0 Å². The van der Waals surface area contributed by atoms with Gasteiger partial charge >= 0.3 is 0 Å². The van der Waals surface area contributed by atoms with E-state index in [9.17, 15) is 19.7 Å². The molecule has 1 aromatic heterocycles. The predicted molar refractivity (Wildman–Crippen MR) is 106 cm³/mol. The van der Waals surface area contributed by atoms with E-state index in [0.717, 1.165) is 0 Å². The second-order valence-corrected chi connectivity index (χ2v) is 6.23. The van der Waals surface area contributed by atoms with Crippen molar-refractivity contribution >= 4 is 17.3 Å². The van der Waals surface area contributed by atoms with Crippen LogP contribution >= 0.6 is 0 Å². The highest BCUT2D eigenvalue weighted by Gasteiger charge is 2.29. The van der Waals surface area contributed by atoms with Gasteiger partial charge in [0.25, 0.3) is 17.2 Å². The first-order valence-electron chi connectivity index (χ1n) is 8.77. The summed E-state index contributed by atoms with van der Waals surface area (Å²) >= 11 is 0. The Morgan fingerprint density at radius 1 is 1.11 bits per heavy atom. The largest absolute Gasteiger partial charge is 0.302 e. The van der Waals surface area contributed by atoms with Crippen LogP contribution in [0.2, 0.25) is 0 Å². The zero-order valence-corrected chi connectivity index (χ0v) is 15.8. The van der Waals surface area contributed by atoms with E-state index in [1.165, 1.54) is 27.8 Å². The predicted octanol–water partition coefficient (Wildman–Crippen LogP) is 3.06. The number of para-hydroxylation sites is 2. The Morgan fingerprint density at radius 2 is 1.71 bits per heavy atom. The molecule has 0 unspecified atom stereocenters. The summed E-state index contributed by atoms with van der Waals surface area (Å²) in [4.78, 5) is 38.3. The molecule has 0 bridgehead atoms. The zero-order valence-electron chi connectivity index (χ0n) is 15.8. The van der Waals surface area contributed by atoms with Gasteiger partial charge in [-0.2, -0.15) is 0 Å². The molecule has 28 heavy (non-hydrogen) atoms. The van der Waals surface area contributed by atoms with E-state index >= 15 is 0 Å². The van der Waals surface area contributed by atoms with Crippen molar-refractivity contribution in [3.63, 3.8) is 0 Å². The van der Waals surface area contributed by atoms with Crippen LogP contribution in [0.15, 0.2) is 59.4 Å². The zero-order chi connectivity index (χ0) is 20.4. The highest BCUT2D eigenvalue weighted by molar-refractivity contribution is 6.08. The number of carbonyl (C=O) groups excluding carboxylic acids is 1. The second-order valence-electron chi connectivity index (χ2n) is 6.23. The molecule has 0 N–H and O–H groups in total. The minimum Gasteiger partial charge on any atom is -0.302 e. The normalized spacial score (nSPS) is 10.7. The fraction of sp³-hybridized carbons (Fsp3) is 0.200. The van der Waals surface area contributed by atoms with Gasteiger partial charge in [-0.25, -0.2) is 4.68 Å². The number of anilines is 1. The molecule has 0 spiro atoms. The van der Waals surface area contributed by atoms with E-state index in [-0.39, 0.29) is 29.0 Å². The fourth-order valence-electron chi connectivity index (χ4n) is 3.23. The Labute approximate surface area is 161 Å². The van der Waals surface area contributed by atoms with Crippen LogP contribution < -0.4 is 10.5 Å². The molecule has 8 nitrogen and oxygen atoms in total. The summed E-state index contributed by atoms with van der Waals surface area (Å²) in [6.07, 6.45) is 0. The number of amides is 1. The van der Waals surface area contributed by atoms with Gasteiger partial charge in [0.15, 0.2) is 0 Å². The van der Waals surface area contributed by atoms with Crippen LogP contribution in [0.3, 0.4) is 0 Å². The van der Waals surface area contributed by atoms with Gasteiger partial charge in [-0.1, -0.05) is 30.3 Å². The van der Waals surface area contributed by atoms with E-state index in [1.54, 1.807) is 43.8 Å². The minimum absolute atomic E-state index is 0.0525. The van der Waals surface area contributed by atoms with Crippen LogP contribution in [-0.4, -0.2) is 26.7 Å². The standard InChI is InChI=1S/C20H20N4O4/c1-4-22(19(25)16-12-8-9-13-17(16)24(27)28)18-14(2)21(3)23(20(18)26)15-10-6-5-7-11-15/h5-13H,4H2,1-3H3. The van der Waals surface area contributed by atoms with Gasteiger partial charge in [-0.3, -0.25) is 24.4 Å². The van der Waals surface area contributed by atoms with Gasteiger partial charge in [0.1, 0.15) is 11.3 Å². The average molecular weight is 380 g/mol. The monoisotopic (exact) mass is 380 g/mol. The summed E-state index contributed by atoms with van der Waals surface area (Å²) in [5.74, 6) is -0.583. The Bertz CT molecular complexity index is 1100. The van der Waals surface area contributed by atoms with E-state index in [0.29, 0.717) is 11.4 Å². The number of nitro benzene ring substituents is 1. The second kappa shape index (κ2) is 7.51. The van der Waals surface area contributed by atoms with Gasteiger partial charge < -0.3 is 4.90 Å². The lowest BCUT2D eigenvalue weighted by Crippen LogP contribution is -2.35. The van der Waals surface area contributed by atoms with Gasteiger partial charge in [0, 0.05) is 19.7 Å². The third-order valence-corrected chi connectivity index (χ3v) is 4.69. The molecular formula is C20H20N4O4. The first-order valence-corrected chi connectivity index (χ1v) is 8.77. The number of nitro groups is 1. The Balaban J connectivity index is 2.16. The number of nitrogens with zero attached hydrogens (tertiary/aromatic N) is 4. The van der Waals surface area contributed by atoms with Crippen molar-refractivity contribution in [3.8, 4) is 5.69 Å². The Morgan fingerprint density at radius 3 is 2.32 bits per heavy atom. The van der Waals surface area contributed by atoms with E-state index in [1.807, 2.05) is 18.2 Å². The SMILES string of the molecule is CCN(C(=O)c1ccccc1[N+](=O)[O-])c1c(C)n(C)n(-c2ccccc2)c1=O. The third kappa shape index (κ3) is 3.09. The summed E-state index contributed by atoms with van der Waals surface area (Å²) in [5.41, 5.74) is 0.754. The summed E-state index contributed by atoms with van der Waals surface area (Å²) in [7, 11) is 1.73. The molecule has 0 aliphatic rings. The lowest BCUT2D eigenvalue weighted by molar-refractivity contribution is -0.385. The van der Waals surface area contributed by atoms with Crippen molar-refractivity contribution < 1.29 is 9.72 Å². The smallest absolute Gasteiger partial charge is 0.295 e. The number of benzene rings is 2. The maximum atomic E-state index is 13.2. The molecule has 0 aliphatic carbocycles. The van der Waals surface area contributed by atoms with Crippen LogP contribution in [0.25, 0.3) is 5.69 Å². The number of hydrogen-bond acceptors (Lipinski definition) is 4. The molecule has 144 valence electrons. The molecule has 0 atom stereocenters. The quantitative estimate of drug-likeness (QED) is 0.502. The lowest BCUT2D eigenvalue weighted by atomic mass is 10.1. The molecule has 0 saturated carbocycles. The van der Waals surface area contributed by atoms with Crippen molar-refractivity contribution in [1.82, 2.24) is 9.36 Å². The van der Waals surface area contributed by atoms with Crippen LogP contribution in [0.1, 0.15) is 23.0 Å². The molecule has 0 radical (unpaired) electrons. The first-order chi connectivity index (χ1) is 13.4. The molecule has 0 aliphatic heterocycles. The maximum Gasteiger partial charge on any atom is 0.295 e. The number of hydrogen-bond donors (Lipinski definition) is 0. The van der Waals surface area contributed by atoms with E-state index in [4.69, 9.17) is 0 Å². The third-order valence-electron chi connectivity index (χ3n) is 4.69. The van der Waals surface area contributed by atoms with Crippen molar-refractivity contribution in [3.05, 3.63) is 86.3 Å². The summed E-state index contributed by atoms with van der Waals surface area (Å²) in [5, 5.41) is 11.3. The molecule has 0 saturated heterocycles. The summed E-state index contributed by atoms with van der Waals surface area (Å²) < 4.78 is 3.14. The highest BCUT2D eigenvalue weighted by atomic mass is 16.6. The molecule has 1 heterocycles. The van der Waals surface area contributed by atoms with Gasteiger partial charge in [-0.05, 0) is 32.0 Å². The van der Waals surface area contributed by atoms with Crippen LogP contribution in [0.4, 0.5) is 11.4 Å². The first kappa shape index (κ1) is 19.1. The number of rotatable bonds is 5. The minimum atomic E-state index is -0.596. The number of carbonyl (C=O) groups is 1. The highest BCUT2D eigenvalue weighted by Crippen LogP contribution is 2.24. The van der Waals surface area contributed by atoms with Gasteiger partial charge in [0.05, 0.1) is 16.3 Å². The topological polar surface area (TPSA) is 90.4 Å².